The Bertz CT molecular complexity index is 1470. The molecule has 0 spiro atoms. The van der Waals surface area contributed by atoms with Crippen LogP contribution in [0.2, 0.25) is 0 Å². The van der Waals surface area contributed by atoms with Crippen LogP contribution in [0.1, 0.15) is 27.0 Å². The average Bonchev–Trinajstić information content (AvgIpc) is 2.80. The van der Waals surface area contributed by atoms with Crippen LogP contribution in [-0.4, -0.2) is 26.9 Å². The van der Waals surface area contributed by atoms with Gasteiger partial charge in [0.15, 0.2) is 4.77 Å². The van der Waals surface area contributed by atoms with E-state index in [9.17, 15) is 9.59 Å². The van der Waals surface area contributed by atoms with Crippen LogP contribution in [0.5, 0.6) is 0 Å². The maximum absolute atomic E-state index is 13.2. The normalized spacial score (nSPS) is 13.2. The first-order chi connectivity index (χ1) is 15.5. The van der Waals surface area contributed by atoms with Gasteiger partial charge in [-0.3, -0.25) is 14.2 Å². The highest BCUT2D eigenvalue weighted by Gasteiger charge is 2.22. The first kappa shape index (κ1) is 20.8. The molecule has 7 heteroatoms. The van der Waals surface area contributed by atoms with Gasteiger partial charge in [0.1, 0.15) is 0 Å². The van der Waals surface area contributed by atoms with E-state index in [-0.39, 0.29) is 11.5 Å². The highest BCUT2D eigenvalue weighted by molar-refractivity contribution is 9.10. The van der Waals surface area contributed by atoms with Gasteiger partial charge in [-0.2, -0.15) is 0 Å². The van der Waals surface area contributed by atoms with Crippen molar-refractivity contribution >= 4 is 45.0 Å². The summed E-state index contributed by atoms with van der Waals surface area (Å²) in [5.74, 6) is -0.0426. The average molecular weight is 506 g/mol. The fraction of sp³-hybridized carbons (Fsp3) is 0.160. The van der Waals surface area contributed by atoms with Crippen molar-refractivity contribution in [3.8, 4) is 0 Å². The van der Waals surface area contributed by atoms with E-state index < -0.39 is 0 Å². The number of H-pyrrole nitrogens is 1. The number of amides is 1. The van der Waals surface area contributed by atoms with Gasteiger partial charge in [-0.05, 0) is 65.7 Å². The van der Waals surface area contributed by atoms with E-state index in [1.165, 1.54) is 11.1 Å². The molecule has 0 radical (unpaired) electrons. The zero-order valence-electron chi connectivity index (χ0n) is 17.2. The Morgan fingerprint density at radius 3 is 2.66 bits per heavy atom. The number of aromatic nitrogens is 2. The number of hydrogen-bond donors (Lipinski definition) is 1. The summed E-state index contributed by atoms with van der Waals surface area (Å²) in [5.41, 5.74) is 4.40. The van der Waals surface area contributed by atoms with E-state index in [0.717, 1.165) is 16.5 Å². The number of fused-ring (bicyclic) bond motifs is 2. The van der Waals surface area contributed by atoms with Gasteiger partial charge in [-0.1, -0.05) is 52.3 Å². The summed E-state index contributed by atoms with van der Waals surface area (Å²) < 4.78 is 2.82. The van der Waals surface area contributed by atoms with Gasteiger partial charge in [-0.25, -0.2) is 0 Å². The summed E-state index contributed by atoms with van der Waals surface area (Å²) >= 11 is 8.94. The SMILES string of the molecule is O=C(c1ccc2c(=O)n(Cc3cccc(Br)c3)c(=S)[nH]c2c1)N1CCc2ccccc2C1. The summed E-state index contributed by atoms with van der Waals surface area (Å²) in [4.78, 5) is 31.3. The van der Waals surface area contributed by atoms with Crippen LogP contribution >= 0.6 is 28.1 Å². The zero-order valence-corrected chi connectivity index (χ0v) is 19.6. The Hall–Kier alpha value is -3.03. The Kier molecular flexibility index (Phi) is 5.53. The molecule has 0 aliphatic carbocycles. The second kappa shape index (κ2) is 8.48. The molecule has 0 unspecified atom stereocenters. The van der Waals surface area contributed by atoms with E-state index in [0.29, 0.717) is 40.9 Å². The highest BCUT2D eigenvalue weighted by Crippen LogP contribution is 2.21. The predicted molar refractivity (Wildman–Crippen MR) is 132 cm³/mol. The second-order valence-corrected chi connectivity index (χ2v) is 9.26. The van der Waals surface area contributed by atoms with Crippen molar-refractivity contribution in [1.29, 1.82) is 0 Å². The quantitative estimate of drug-likeness (QED) is 0.395. The van der Waals surface area contributed by atoms with Crippen LogP contribution in [-0.2, 0) is 19.5 Å². The van der Waals surface area contributed by atoms with Crippen LogP contribution in [0.3, 0.4) is 0 Å². The lowest BCUT2D eigenvalue weighted by Gasteiger charge is -2.29. The van der Waals surface area contributed by atoms with E-state index >= 15 is 0 Å². The minimum atomic E-state index is -0.172. The van der Waals surface area contributed by atoms with Crippen molar-refractivity contribution in [3.63, 3.8) is 0 Å². The fourth-order valence-electron chi connectivity index (χ4n) is 4.20. The number of aromatic amines is 1. The lowest BCUT2D eigenvalue weighted by molar-refractivity contribution is 0.0735. The Morgan fingerprint density at radius 1 is 1.03 bits per heavy atom. The number of carbonyl (C=O) groups excluding carboxylic acids is 1. The van der Waals surface area contributed by atoms with Crippen molar-refractivity contribution in [2.24, 2.45) is 0 Å². The number of hydrogen-bond acceptors (Lipinski definition) is 3. The Morgan fingerprint density at radius 2 is 1.84 bits per heavy atom. The lowest BCUT2D eigenvalue weighted by Crippen LogP contribution is -2.36. The first-order valence-corrected chi connectivity index (χ1v) is 11.6. The molecular formula is C25H20BrN3O2S. The van der Waals surface area contributed by atoms with E-state index in [1.807, 2.05) is 41.3 Å². The van der Waals surface area contributed by atoms with Crippen molar-refractivity contribution < 1.29 is 4.79 Å². The van der Waals surface area contributed by atoms with Crippen LogP contribution < -0.4 is 5.56 Å². The van der Waals surface area contributed by atoms with E-state index in [1.54, 1.807) is 22.8 Å². The van der Waals surface area contributed by atoms with Crippen molar-refractivity contribution in [2.75, 3.05) is 6.54 Å². The van der Waals surface area contributed by atoms with Gasteiger partial charge in [-0.15, -0.1) is 0 Å². The molecule has 0 saturated heterocycles. The van der Waals surface area contributed by atoms with Gasteiger partial charge in [0, 0.05) is 23.1 Å². The molecule has 1 amide bonds. The molecule has 4 aromatic rings. The molecule has 5 rings (SSSR count). The minimum absolute atomic E-state index is 0.0426. The monoisotopic (exact) mass is 505 g/mol. The molecule has 0 saturated carbocycles. The molecule has 0 bridgehead atoms. The van der Waals surface area contributed by atoms with E-state index in [2.05, 4.69) is 33.0 Å². The molecule has 5 nitrogen and oxygen atoms in total. The number of carbonyl (C=O) groups is 1. The molecular weight excluding hydrogens is 486 g/mol. The van der Waals surface area contributed by atoms with Crippen molar-refractivity contribution in [2.45, 2.75) is 19.5 Å². The molecule has 3 aromatic carbocycles. The topological polar surface area (TPSA) is 58.1 Å². The Labute approximate surface area is 198 Å². The standard InChI is InChI=1S/C25H20BrN3O2S/c26-20-7-3-4-16(12-20)14-29-24(31)21-9-8-18(13-22(21)27-25(29)32)23(30)28-11-10-17-5-1-2-6-19(17)15-28/h1-9,12-13H,10-11,14-15H2,(H,27,32). The Balaban J connectivity index is 1.46. The second-order valence-electron chi connectivity index (χ2n) is 7.96. The first-order valence-electron chi connectivity index (χ1n) is 10.4. The third kappa shape index (κ3) is 3.94. The predicted octanol–water partition coefficient (Wildman–Crippen LogP) is 5.07. The smallest absolute Gasteiger partial charge is 0.262 e. The van der Waals surface area contributed by atoms with Gasteiger partial charge in [0.25, 0.3) is 11.5 Å². The minimum Gasteiger partial charge on any atom is -0.334 e. The van der Waals surface area contributed by atoms with Crippen LogP contribution in [0, 0.1) is 4.77 Å². The maximum atomic E-state index is 13.2. The molecule has 1 aliphatic rings. The zero-order chi connectivity index (χ0) is 22.2. The summed E-state index contributed by atoms with van der Waals surface area (Å²) in [6.07, 6.45) is 0.845. The van der Waals surface area contributed by atoms with Gasteiger partial charge < -0.3 is 9.88 Å². The van der Waals surface area contributed by atoms with Gasteiger partial charge >= 0.3 is 0 Å². The molecule has 1 aliphatic heterocycles. The largest absolute Gasteiger partial charge is 0.334 e. The number of benzene rings is 3. The summed E-state index contributed by atoms with van der Waals surface area (Å²) in [6, 6.07) is 21.2. The van der Waals surface area contributed by atoms with Crippen LogP contribution in [0.15, 0.2) is 76.0 Å². The summed E-state index contributed by atoms with van der Waals surface area (Å²) in [7, 11) is 0. The van der Waals surface area contributed by atoms with Crippen molar-refractivity contribution in [1.82, 2.24) is 14.5 Å². The fourth-order valence-corrected chi connectivity index (χ4v) is 4.90. The molecule has 2 heterocycles. The summed E-state index contributed by atoms with van der Waals surface area (Å²) in [6.45, 7) is 1.65. The molecule has 1 aromatic heterocycles. The molecule has 0 atom stereocenters. The molecule has 0 fully saturated rings. The van der Waals surface area contributed by atoms with Crippen LogP contribution in [0.4, 0.5) is 0 Å². The molecule has 160 valence electrons. The van der Waals surface area contributed by atoms with Crippen molar-refractivity contribution in [3.05, 3.63) is 109 Å². The van der Waals surface area contributed by atoms with Crippen LogP contribution in [0.25, 0.3) is 10.9 Å². The summed E-state index contributed by atoms with van der Waals surface area (Å²) in [5, 5.41) is 0.508. The number of halogens is 1. The lowest BCUT2D eigenvalue weighted by atomic mass is 9.99. The van der Waals surface area contributed by atoms with Gasteiger partial charge in [0.05, 0.1) is 17.4 Å². The third-order valence-electron chi connectivity index (χ3n) is 5.88. The highest BCUT2D eigenvalue weighted by atomic mass is 79.9. The van der Waals surface area contributed by atoms with Gasteiger partial charge in [0.2, 0.25) is 0 Å². The third-order valence-corrected chi connectivity index (χ3v) is 6.69. The van der Waals surface area contributed by atoms with E-state index in [4.69, 9.17) is 12.2 Å². The number of rotatable bonds is 3. The maximum Gasteiger partial charge on any atom is 0.262 e. The molecule has 1 N–H and O–H groups in total. The molecule has 32 heavy (non-hydrogen) atoms. The number of nitrogens with one attached hydrogen (secondary N) is 1. The number of nitrogens with zero attached hydrogens (tertiary/aromatic N) is 2.